The molecule has 2 aromatic heterocycles. The molecule has 106 valence electrons. The van der Waals surface area contributed by atoms with E-state index in [4.69, 9.17) is 0 Å². The summed E-state index contributed by atoms with van der Waals surface area (Å²) < 4.78 is 1.96. The van der Waals surface area contributed by atoms with Gasteiger partial charge in [0.05, 0.1) is 0 Å². The molecule has 0 aromatic carbocycles. The summed E-state index contributed by atoms with van der Waals surface area (Å²) in [5.41, 5.74) is 2.77. The lowest BCUT2D eigenvalue weighted by molar-refractivity contribution is 0.571. The van der Waals surface area contributed by atoms with E-state index < -0.39 is 0 Å². The molecule has 0 fully saturated rings. The van der Waals surface area contributed by atoms with Gasteiger partial charge in [0.15, 0.2) is 0 Å². The molecule has 3 rings (SSSR count). The van der Waals surface area contributed by atoms with Crippen LogP contribution in [0.1, 0.15) is 22.6 Å². The highest BCUT2D eigenvalue weighted by Gasteiger charge is 2.15. The second kappa shape index (κ2) is 6.37. The standard InChI is InChI=1S/C16H20N2OS/c19-16-7-6-13-3-1-5-15(13)18(16)11-10-17-9-8-14-4-2-12-20-14/h2,4,6-7,12,17H,1,3,5,8-11H2. The van der Waals surface area contributed by atoms with Crippen LogP contribution in [0.4, 0.5) is 0 Å². The van der Waals surface area contributed by atoms with Gasteiger partial charge in [-0.15, -0.1) is 11.3 Å². The van der Waals surface area contributed by atoms with Gasteiger partial charge >= 0.3 is 0 Å². The summed E-state index contributed by atoms with van der Waals surface area (Å²) in [7, 11) is 0. The van der Waals surface area contributed by atoms with Crippen LogP contribution in [0.2, 0.25) is 0 Å². The van der Waals surface area contributed by atoms with Gasteiger partial charge in [-0.3, -0.25) is 4.79 Å². The van der Waals surface area contributed by atoms with Crippen molar-refractivity contribution in [2.45, 2.75) is 32.2 Å². The molecule has 3 nitrogen and oxygen atoms in total. The molecule has 20 heavy (non-hydrogen) atoms. The van der Waals surface area contributed by atoms with Crippen molar-refractivity contribution in [1.82, 2.24) is 9.88 Å². The number of nitrogens with one attached hydrogen (secondary N) is 1. The van der Waals surface area contributed by atoms with E-state index in [1.807, 2.05) is 10.6 Å². The largest absolute Gasteiger partial charge is 0.315 e. The number of fused-ring (bicyclic) bond motifs is 1. The van der Waals surface area contributed by atoms with E-state index >= 15 is 0 Å². The van der Waals surface area contributed by atoms with Crippen LogP contribution in [-0.2, 0) is 25.8 Å². The SMILES string of the molecule is O=c1ccc2c(n1CCNCCc1cccs1)CCC2. The molecule has 0 radical (unpaired) electrons. The zero-order valence-corrected chi connectivity index (χ0v) is 12.4. The molecule has 0 amide bonds. The molecule has 0 aliphatic heterocycles. The second-order valence-electron chi connectivity index (χ2n) is 5.23. The number of aromatic nitrogens is 1. The molecule has 1 aliphatic carbocycles. The summed E-state index contributed by atoms with van der Waals surface area (Å²) in [5.74, 6) is 0. The molecule has 0 unspecified atom stereocenters. The molecular weight excluding hydrogens is 268 g/mol. The Balaban J connectivity index is 1.51. The Morgan fingerprint density at radius 1 is 1.20 bits per heavy atom. The molecule has 0 atom stereocenters. The Morgan fingerprint density at radius 3 is 3.00 bits per heavy atom. The van der Waals surface area contributed by atoms with Crippen molar-refractivity contribution in [1.29, 1.82) is 0 Å². The number of nitrogens with zero attached hydrogens (tertiary/aromatic N) is 1. The minimum atomic E-state index is 0.144. The van der Waals surface area contributed by atoms with Gasteiger partial charge in [-0.05, 0) is 42.7 Å². The minimum Gasteiger partial charge on any atom is -0.315 e. The Labute approximate surface area is 123 Å². The lowest BCUT2D eigenvalue weighted by Crippen LogP contribution is -2.29. The van der Waals surface area contributed by atoms with Crippen LogP contribution in [0.3, 0.4) is 0 Å². The molecule has 0 spiro atoms. The summed E-state index contributed by atoms with van der Waals surface area (Å²) in [6, 6.07) is 7.98. The maximum atomic E-state index is 12.0. The van der Waals surface area contributed by atoms with Crippen molar-refractivity contribution in [2.75, 3.05) is 13.1 Å². The van der Waals surface area contributed by atoms with E-state index in [0.717, 1.165) is 38.9 Å². The van der Waals surface area contributed by atoms with Crippen molar-refractivity contribution in [3.05, 3.63) is 56.1 Å². The molecule has 1 aliphatic rings. The zero-order chi connectivity index (χ0) is 13.8. The monoisotopic (exact) mass is 288 g/mol. The van der Waals surface area contributed by atoms with Crippen LogP contribution in [0, 0.1) is 0 Å². The Kier molecular flexibility index (Phi) is 4.33. The fraction of sp³-hybridized carbons (Fsp3) is 0.438. The van der Waals surface area contributed by atoms with Gasteiger partial charge in [0.25, 0.3) is 5.56 Å². The maximum absolute atomic E-state index is 12.0. The van der Waals surface area contributed by atoms with Crippen LogP contribution in [-0.4, -0.2) is 17.7 Å². The first kappa shape index (κ1) is 13.6. The third-order valence-corrected chi connectivity index (χ3v) is 4.83. The van der Waals surface area contributed by atoms with E-state index in [2.05, 4.69) is 22.8 Å². The number of hydrogen-bond acceptors (Lipinski definition) is 3. The van der Waals surface area contributed by atoms with Crippen LogP contribution >= 0.6 is 11.3 Å². The highest BCUT2D eigenvalue weighted by molar-refractivity contribution is 7.09. The smallest absolute Gasteiger partial charge is 0.250 e. The molecule has 1 N–H and O–H groups in total. The molecule has 2 aromatic rings. The van der Waals surface area contributed by atoms with E-state index in [1.165, 1.54) is 22.6 Å². The maximum Gasteiger partial charge on any atom is 0.250 e. The Morgan fingerprint density at radius 2 is 2.15 bits per heavy atom. The first-order valence-corrected chi connectivity index (χ1v) is 8.17. The summed E-state index contributed by atoms with van der Waals surface area (Å²) in [5, 5.41) is 5.55. The van der Waals surface area contributed by atoms with Crippen molar-refractivity contribution in [3.8, 4) is 0 Å². The molecule has 0 saturated carbocycles. The van der Waals surface area contributed by atoms with E-state index in [-0.39, 0.29) is 5.56 Å². The van der Waals surface area contributed by atoms with Crippen LogP contribution in [0.25, 0.3) is 0 Å². The molecule has 0 saturated heterocycles. The minimum absolute atomic E-state index is 0.144. The van der Waals surface area contributed by atoms with Crippen molar-refractivity contribution >= 4 is 11.3 Å². The normalized spacial score (nSPS) is 13.6. The summed E-state index contributed by atoms with van der Waals surface area (Å²) in [6.45, 7) is 2.62. The average molecular weight is 288 g/mol. The van der Waals surface area contributed by atoms with Crippen molar-refractivity contribution in [2.24, 2.45) is 0 Å². The highest BCUT2D eigenvalue weighted by atomic mass is 32.1. The Bertz CT molecular complexity index is 616. The van der Waals surface area contributed by atoms with Crippen LogP contribution < -0.4 is 10.9 Å². The van der Waals surface area contributed by atoms with Crippen LogP contribution in [0.5, 0.6) is 0 Å². The summed E-state index contributed by atoms with van der Waals surface area (Å²) >= 11 is 1.80. The third-order valence-electron chi connectivity index (χ3n) is 3.89. The quantitative estimate of drug-likeness (QED) is 0.827. The number of thiophene rings is 1. The van der Waals surface area contributed by atoms with Crippen LogP contribution in [0.15, 0.2) is 34.4 Å². The van der Waals surface area contributed by atoms with Gasteiger partial charge in [0.2, 0.25) is 0 Å². The zero-order valence-electron chi connectivity index (χ0n) is 11.6. The second-order valence-corrected chi connectivity index (χ2v) is 6.26. The fourth-order valence-electron chi connectivity index (χ4n) is 2.86. The van der Waals surface area contributed by atoms with Gasteiger partial charge < -0.3 is 9.88 Å². The predicted octanol–water partition coefficient (Wildman–Crippen LogP) is 2.23. The number of rotatable bonds is 6. The topological polar surface area (TPSA) is 34.0 Å². The number of pyridine rings is 1. The predicted molar refractivity (Wildman–Crippen MR) is 83.6 cm³/mol. The van der Waals surface area contributed by atoms with E-state index in [1.54, 1.807) is 17.4 Å². The Hall–Kier alpha value is -1.39. The lowest BCUT2D eigenvalue weighted by atomic mass is 10.2. The molecular formula is C16H20N2OS. The van der Waals surface area contributed by atoms with Crippen molar-refractivity contribution in [3.63, 3.8) is 0 Å². The average Bonchev–Trinajstić information content (AvgIpc) is 3.11. The molecule has 0 bridgehead atoms. The first-order valence-electron chi connectivity index (χ1n) is 7.29. The van der Waals surface area contributed by atoms with Gasteiger partial charge in [-0.2, -0.15) is 0 Å². The van der Waals surface area contributed by atoms with Gasteiger partial charge in [0.1, 0.15) is 0 Å². The number of aryl methyl sites for hydroxylation is 1. The molecule has 2 heterocycles. The fourth-order valence-corrected chi connectivity index (χ4v) is 3.57. The van der Waals surface area contributed by atoms with Gasteiger partial charge in [-0.1, -0.05) is 12.1 Å². The van der Waals surface area contributed by atoms with Gasteiger partial charge in [-0.25, -0.2) is 0 Å². The summed E-state index contributed by atoms with van der Waals surface area (Å²) in [4.78, 5) is 13.4. The van der Waals surface area contributed by atoms with E-state index in [0.29, 0.717) is 0 Å². The third kappa shape index (κ3) is 3.02. The summed E-state index contributed by atoms with van der Waals surface area (Å²) in [6.07, 6.45) is 4.44. The van der Waals surface area contributed by atoms with Gasteiger partial charge in [0, 0.05) is 36.3 Å². The molecule has 4 heteroatoms. The van der Waals surface area contributed by atoms with E-state index in [9.17, 15) is 4.79 Å². The number of hydrogen-bond donors (Lipinski definition) is 1. The highest BCUT2D eigenvalue weighted by Crippen LogP contribution is 2.19. The lowest BCUT2D eigenvalue weighted by Gasteiger charge is -2.12. The van der Waals surface area contributed by atoms with Crippen molar-refractivity contribution < 1.29 is 0 Å². The first-order chi connectivity index (χ1) is 9.84.